The Morgan fingerprint density at radius 1 is 1.42 bits per heavy atom. The van der Waals surface area contributed by atoms with Gasteiger partial charge in [0, 0.05) is 0 Å². The fourth-order valence-electron chi connectivity index (χ4n) is 0.611. The lowest BCUT2D eigenvalue weighted by atomic mass is 10.3. The topological polar surface area (TPSA) is 60.2 Å². The van der Waals surface area contributed by atoms with E-state index in [0.29, 0.717) is 6.42 Å². The third-order valence-corrected chi connectivity index (χ3v) is 2.97. The van der Waals surface area contributed by atoms with Crippen LogP contribution in [0.2, 0.25) is 0 Å². The van der Waals surface area contributed by atoms with Crippen molar-refractivity contribution in [3.05, 3.63) is 0 Å². The number of hydrogen-bond acceptors (Lipinski definition) is 3. The van der Waals surface area contributed by atoms with E-state index < -0.39 is 20.7 Å². The molecular weight excluding hydrogens is 195 g/mol. The van der Waals surface area contributed by atoms with E-state index in [2.05, 4.69) is 0 Å². The molecule has 0 amide bonds. The van der Waals surface area contributed by atoms with Gasteiger partial charge in [0.25, 0.3) is 9.84 Å². The molecular formula is C5H10F3NO2S. The van der Waals surface area contributed by atoms with Gasteiger partial charge in [0.15, 0.2) is 0 Å². The molecule has 0 aromatic carbocycles. The Kier molecular flexibility index (Phi) is 3.52. The first-order valence-corrected chi connectivity index (χ1v) is 4.84. The highest BCUT2D eigenvalue weighted by Gasteiger charge is 2.48. The summed E-state index contributed by atoms with van der Waals surface area (Å²) in [5, 5.41) is -1.83. The van der Waals surface area contributed by atoms with Gasteiger partial charge in [-0.25, -0.2) is 8.42 Å². The lowest BCUT2D eigenvalue weighted by Gasteiger charge is -2.13. The van der Waals surface area contributed by atoms with Gasteiger partial charge in [-0.2, -0.15) is 13.2 Å². The number of sulfone groups is 1. The fourth-order valence-corrected chi connectivity index (χ4v) is 1.50. The molecule has 0 aliphatic carbocycles. The summed E-state index contributed by atoms with van der Waals surface area (Å²) in [6, 6.07) is 0. The first-order valence-electron chi connectivity index (χ1n) is 3.29. The second-order valence-corrected chi connectivity index (χ2v) is 4.48. The molecule has 0 fully saturated rings. The monoisotopic (exact) mass is 205 g/mol. The molecule has 0 saturated carbocycles. The molecule has 0 bridgehead atoms. The van der Waals surface area contributed by atoms with Crippen molar-refractivity contribution in [1.82, 2.24) is 0 Å². The van der Waals surface area contributed by atoms with Crippen LogP contribution in [0, 0.1) is 0 Å². The first-order chi connectivity index (χ1) is 5.23. The van der Waals surface area contributed by atoms with Crippen LogP contribution in [-0.4, -0.2) is 19.3 Å². The van der Waals surface area contributed by atoms with Crippen molar-refractivity contribution in [2.75, 3.05) is 0 Å². The lowest BCUT2D eigenvalue weighted by Crippen LogP contribution is -2.39. The van der Waals surface area contributed by atoms with Crippen molar-refractivity contribution in [3.63, 3.8) is 0 Å². The van der Waals surface area contributed by atoms with E-state index in [1.807, 2.05) is 0 Å². The van der Waals surface area contributed by atoms with E-state index in [0.717, 1.165) is 0 Å². The van der Waals surface area contributed by atoms with Crippen molar-refractivity contribution < 1.29 is 21.6 Å². The van der Waals surface area contributed by atoms with Crippen LogP contribution in [0.1, 0.15) is 19.8 Å². The Bertz CT molecular complexity index is 234. The molecule has 0 radical (unpaired) electrons. The maximum absolute atomic E-state index is 11.7. The molecule has 1 unspecified atom stereocenters. The van der Waals surface area contributed by atoms with Crippen molar-refractivity contribution >= 4 is 9.84 Å². The van der Waals surface area contributed by atoms with Crippen LogP contribution in [0.3, 0.4) is 0 Å². The Hall–Kier alpha value is -0.300. The smallest absolute Gasteiger partial charge is 0.315 e. The minimum absolute atomic E-state index is 0.179. The molecule has 0 heterocycles. The lowest BCUT2D eigenvalue weighted by molar-refractivity contribution is -0.0445. The Morgan fingerprint density at radius 2 is 1.83 bits per heavy atom. The molecule has 0 rings (SSSR count). The highest BCUT2D eigenvalue weighted by Crippen LogP contribution is 2.26. The number of nitrogens with two attached hydrogens (primary N) is 1. The van der Waals surface area contributed by atoms with Gasteiger partial charge in [0.1, 0.15) is 5.37 Å². The summed E-state index contributed by atoms with van der Waals surface area (Å²) in [6.45, 7) is 1.56. The maximum Gasteiger partial charge on any atom is 0.498 e. The van der Waals surface area contributed by atoms with Gasteiger partial charge >= 0.3 is 5.51 Å². The normalized spacial score (nSPS) is 16.1. The van der Waals surface area contributed by atoms with Crippen molar-refractivity contribution in [2.24, 2.45) is 5.73 Å². The SMILES string of the molecule is CCCC(N)S(=O)(=O)C(F)(F)F. The Morgan fingerprint density at radius 3 is 2.08 bits per heavy atom. The van der Waals surface area contributed by atoms with Crippen LogP contribution in [0.25, 0.3) is 0 Å². The second-order valence-electron chi connectivity index (χ2n) is 2.32. The molecule has 12 heavy (non-hydrogen) atoms. The minimum Gasteiger partial charge on any atom is -0.315 e. The standard InChI is InChI=1S/C5H10F3NO2S/c1-2-3-4(9)12(10,11)5(6,7)8/h4H,2-3,9H2,1H3. The van der Waals surface area contributed by atoms with Crippen LogP contribution in [-0.2, 0) is 9.84 Å². The molecule has 0 aromatic heterocycles. The average Bonchev–Trinajstić information content (AvgIpc) is 1.85. The highest BCUT2D eigenvalue weighted by atomic mass is 32.2. The molecule has 2 N–H and O–H groups in total. The minimum atomic E-state index is -5.23. The van der Waals surface area contributed by atoms with Gasteiger partial charge < -0.3 is 5.73 Å². The zero-order valence-corrected chi connectivity index (χ0v) is 7.24. The third-order valence-electron chi connectivity index (χ3n) is 1.29. The molecule has 3 nitrogen and oxygen atoms in total. The molecule has 0 spiro atoms. The second kappa shape index (κ2) is 3.61. The van der Waals surface area contributed by atoms with E-state index in [9.17, 15) is 21.6 Å². The molecule has 0 aromatic rings. The van der Waals surface area contributed by atoms with Crippen LogP contribution in [0.5, 0.6) is 0 Å². The van der Waals surface area contributed by atoms with Gasteiger partial charge in [-0.1, -0.05) is 13.3 Å². The fraction of sp³-hybridized carbons (Fsp3) is 1.00. The molecule has 0 saturated heterocycles. The Labute approximate surface area is 68.7 Å². The molecule has 74 valence electrons. The first kappa shape index (κ1) is 11.7. The van der Waals surface area contributed by atoms with Crippen molar-refractivity contribution in [2.45, 2.75) is 30.6 Å². The molecule has 7 heteroatoms. The number of alkyl halides is 3. The van der Waals surface area contributed by atoms with Crippen LogP contribution < -0.4 is 5.73 Å². The van der Waals surface area contributed by atoms with Gasteiger partial charge in [0.2, 0.25) is 0 Å². The zero-order valence-electron chi connectivity index (χ0n) is 6.43. The van der Waals surface area contributed by atoms with E-state index >= 15 is 0 Å². The van der Waals surface area contributed by atoms with Gasteiger partial charge in [0.05, 0.1) is 0 Å². The summed E-state index contributed by atoms with van der Waals surface area (Å²) in [5.74, 6) is 0. The summed E-state index contributed by atoms with van der Waals surface area (Å²) in [6.07, 6.45) is 0.123. The predicted molar refractivity (Wildman–Crippen MR) is 37.9 cm³/mol. The summed E-state index contributed by atoms with van der Waals surface area (Å²) < 4.78 is 56.2. The van der Waals surface area contributed by atoms with E-state index in [1.165, 1.54) is 0 Å². The van der Waals surface area contributed by atoms with Crippen molar-refractivity contribution in [1.29, 1.82) is 0 Å². The molecule has 1 atom stereocenters. The maximum atomic E-state index is 11.7. The Balaban J connectivity index is 4.64. The van der Waals surface area contributed by atoms with E-state index in [1.54, 1.807) is 6.92 Å². The number of halogens is 3. The quantitative estimate of drug-likeness (QED) is 0.747. The summed E-state index contributed by atoms with van der Waals surface area (Å²) in [7, 11) is -5.16. The van der Waals surface area contributed by atoms with Crippen LogP contribution >= 0.6 is 0 Å². The number of rotatable bonds is 3. The van der Waals surface area contributed by atoms with Gasteiger partial charge in [-0.15, -0.1) is 0 Å². The summed E-state index contributed by atoms with van der Waals surface area (Å²) >= 11 is 0. The third kappa shape index (κ3) is 2.34. The van der Waals surface area contributed by atoms with Crippen LogP contribution in [0.4, 0.5) is 13.2 Å². The summed E-state index contributed by atoms with van der Waals surface area (Å²) in [4.78, 5) is 0. The van der Waals surface area contributed by atoms with E-state index in [4.69, 9.17) is 5.73 Å². The molecule has 0 aliphatic heterocycles. The number of hydrogen-bond donors (Lipinski definition) is 1. The predicted octanol–water partition coefficient (Wildman–Crippen LogP) is 1.01. The highest BCUT2D eigenvalue weighted by molar-refractivity contribution is 7.92. The van der Waals surface area contributed by atoms with Gasteiger partial charge in [-0.3, -0.25) is 0 Å². The average molecular weight is 205 g/mol. The van der Waals surface area contributed by atoms with E-state index in [-0.39, 0.29) is 6.42 Å². The zero-order chi connectivity index (χ0) is 9.99. The van der Waals surface area contributed by atoms with Crippen molar-refractivity contribution in [3.8, 4) is 0 Å². The molecule has 0 aliphatic rings. The largest absolute Gasteiger partial charge is 0.498 e. The van der Waals surface area contributed by atoms with Gasteiger partial charge in [-0.05, 0) is 6.42 Å². The summed E-state index contributed by atoms with van der Waals surface area (Å²) in [5.41, 5.74) is -0.394. The van der Waals surface area contributed by atoms with Crippen LogP contribution in [0.15, 0.2) is 0 Å².